The van der Waals surface area contributed by atoms with E-state index in [4.69, 9.17) is 4.74 Å². The SMILES string of the molecule is Cn1cccc1-c1nc(N2CCOCC2)n(C)n1. The van der Waals surface area contributed by atoms with Crippen molar-refractivity contribution in [2.24, 2.45) is 14.1 Å². The summed E-state index contributed by atoms with van der Waals surface area (Å²) in [7, 11) is 3.93. The van der Waals surface area contributed by atoms with E-state index in [0.29, 0.717) is 0 Å². The number of hydrogen-bond acceptors (Lipinski definition) is 4. The van der Waals surface area contributed by atoms with Gasteiger partial charge in [-0.2, -0.15) is 4.98 Å². The van der Waals surface area contributed by atoms with Gasteiger partial charge in [0.05, 0.1) is 18.9 Å². The molecule has 1 saturated heterocycles. The molecule has 3 heterocycles. The van der Waals surface area contributed by atoms with E-state index in [1.54, 1.807) is 0 Å². The lowest BCUT2D eigenvalue weighted by Gasteiger charge is -2.26. The summed E-state index contributed by atoms with van der Waals surface area (Å²) < 4.78 is 9.22. The van der Waals surface area contributed by atoms with Gasteiger partial charge >= 0.3 is 0 Å². The fraction of sp³-hybridized carbons (Fsp3) is 0.500. The molecule has 0 N–H and O–H groups in total. The van der Waals surface area contributed by atoms with Crippen LogP contribution in [0.15, 0.2) is 18.3 Å². The van der Waals surface area contributed by atoms with Crippen LogP contribution in [0.25, 0.3) is 11.5 Å². The van der Waals surface area contributed by atoms with Gasteiger partial charge in [-0.25, -0.2) is 4.68 Å². The summed E-state index contributed by atoms with van der Waals surface area (Å²) in [5.74, 6) is 1.68. The maximum Gasteiger partial charge on any atom is 0.224 e. The first-order valence-corrected chi connectivity index (χ1v) is 6.11. The van der Waals surface area contributed by atoms with Crippen LogP contribution in [0, 0.1) is 0 Å². The molecular weight excluding hydrogens is 230 g/mol. The van der Waals surface area contributed by atoms with Gasteiger partial charge in [-0.3, -0.25) is 0 Å². The summed E-state index contributed by atoms with van der Waals surface area (Å²) in [6.45, 7) is 3.26. The number of rotatable bonds is 2. The molecular formula is C12H17N5O. The predicted molar refractivity (Wildman–Crippen MR) is 68.4 cm³/mol. The molecule has 6 heteroatoms. The lowest BCUT2D eigenvalue weighted by Crippen LogP contribution is -2.37. The molecule has 0 spiro atoms. The topological polar surface area (TPSA) is 48.1 Å². The van der Waals surface area contributed by atoms with E-state index in [-0.39, 0.29) is 0 Å². The van der Waals surface area contributed by atoms with Crippen molar-refractivity contribution >= 4 is 5.95 Å². The molecule has 0 atom stereocenters. The summed E-state index contributed by atoms with van der Waals surface area (Å²) in [5.41, 5.74) is 1.03. The highest BCUT2D eigenvalue weighted by Crippen LogP contribution is 2.19. The van der Waals surface area contributed by atoms with Crippen LogP contribution < -0.4 is 4.90 Å². The Morgan fingerprint density at radius 1 is 1.22 bits per heavy atom. The lowest BCUT2D eigenvalue weighted by molar-refractivity contribution is 0.121. The second-order valence-electron chi connectivity index (χ2n) is 4.46. The third-order valence-corrected chi connectivity index (χ3v) is 3.21. The van der Waals surface area contributed by atoms with Crippen molar-refractivity contribution in [1.29, 1.82) is 0 Å². The second-order valence-corrected chi connectivity index (χ2v) is 4.46. The van der Waals surface area contributed by atoms with Gasteiger partial charge in [-0.15, -0.1) is 5.10 Å². The maximum absolute atomic E-state index is 5.36. The monoisotopic (exact) mass is 247 g/mol. The van der Waals surface area contributed by atoms with Crippen LogP contribution in [0.5, 0.6) is 0 Å². The number of nitrogens with zero attached hydrogens (tertiary/aromatic N) is 5. The molecule has 0 unspecified atom stereocenters. The van der Waals surface area contributed by atoms with Gasteiger partial charge in [0.1, 0.15) is 0 Å². The largest absolute Gasteiger partial charge is 0.378 e. The van der Waals surface area contributed by atoms with E-state index in [9.17, 15) is 0 Å². The van der Waals surface area contributed by atoms with Gasteiger partial charge in [0.2, 0.25) is 5.95 Å². The van der Waals surface area contributed by atoms with Crippen molar-refractivity contribution in [3.8, 4) is 11.5 Å². The predicted octanol–water partition coefficient (Wildman–Crippen LogP) is 0.657. The standard InChI is InChI=1S/C12H17N5O/c1-15-5-3-4-10(15)11-13-12(16(2)14-11)17-6-8-18-9-7-17/h3-5H,6-9H2,1-2H3. The highest BCUT2D eigenvalue weighted by molar-refractivity contribution is 5.52. The molecule has 0 aliphatic carbocycles. The molecule has 3 rings (SSSR count). The Kier molecular flexibility index (Phi) is 2.79. The van der Waals surface area contributed by atoms with Crippen LogP contribution in [-0.4, -0.2) is 45.6 Å². The Labute approximate surface area is 106 Å². The van der Waals surface area contributed by atoms with Gasteiger partial charge in [-0.1, -0.05) is 0 Å². The van der Waals surface area contributed by atoms with E-state index in [1.807, 2.05) is 41.7 Å². The van der Waals surface area contributed by atoms with Crippen LogP contribution in [-0.2, 0) is 18.8 Å². The number of morpholine rings is 1. The number of hydrogen-bond donors (Lipinski definition) is 0. The zero-order valence-corrected chi connectivity index (χ0v) is 10.7. The molecule has 0 bridgehead atoms. The molecule has 6 nitrogen and oxygen atoms in total. The molecule has 0 saturated carbocycles. The first-order chi connectivity index (χ1) is 8.75. The van der Waals surface area contributed by atoms with E-state index in [0.717, 1.165) is 43.8 Å². The highest BCUT2D eigenvalue weighted by atomic mass is 16.5. The number of anilines is 1. The van der Waals surface area contributed by atoms with Gasteiger partial charge in [0.25, 0.3) is 0 Å². The van der Waals surface area contributed by atoms with E-state index in [1.165, 1.54) is 0 Å². The van der Waals surface area contributed by atoms with Crippen molar-refractivity contribution < 1.29 is 4.74 Å². The molecule has 0 radical (unpaired) electrons. The van der Waals surface area contributed by atoms with Gasteiger partial charge in [-0.05, 0) is 12.1 Å². The molecule has 0 aromatic carbocycles. The van der Waals surface area contributed by atoms with Crippen molar-refractivity contribution in [3.63, 3.8) is 0 Å². The Hall–Kier alpha value is -1.82. The Morgan fingerprint density at radius 3 is 2.67 bits per heavy atom. The van der Waals surface area contributed by atoms with Gasteiger partial charge in [0.15, 0.2) is 5.82 Å². The van der Waals surface area contributed by atoms with Crippen molar-refractivity contribution in [1.82, 2.24) is 19.3 Å². The first-order valence-electron chi connectivity index (χ1n) is 6.11. The smallest absolute Gasteiger partial charge is 0.224 e. The van der Waals surface area contributed by atoms with E-state index in [2.05, 4.69) is 15.0 Å². The fourth-order valence-corrected chi connectivity index (χ4v) is 2.22. The zero-order chi connectivity index (χ0) is 12.5. The number of ether oxygens (including phenoxy) is 1. The Bertz CT molecular complexity index is 538. The minimum absolute atomic E-state index is 0.756. The van der Waals surface area contributed by atoms with Crippen molar-refractivity contribution in [3.05, 3.63) is 18.3 Å². The number of aryl methyl sites for hydroxylation is 2. The average molecular weight is 247 g/mol. The molecule has 18 heavy (non-hydrogen) atoms. The normalized spacial score (nSPS) is 16.2. The van der Waals surface area contributed by atoms with E-state index >= 15 is 0 Å². The second kappa shape index (κ2) is 4.45. The van der Waals surface area contributed by atoms with Crippen LogP contribution in [0.2, 0.25) is 0 Å². The third kappa shape index (κ3) is 1.88. The van der Waals surface area contributed by atoms with E-state index < -0.39 is 0 Å². The molecule has 1 fully saturated rings. The van der Waals surface area contributed by atoms with Crippen LogP contribution in [0.4, 0.5) is 5.95 Å². The third-order valence-electron chi connectivity index (χ3n) is 3.21. The summed E-state index contributed by atoms with van der Waals surface area (Å²) in [4.78, 5) is 6.85. The van der Waals surface area contributed by atoms with Crippen LogP contribution in [0.3, 0.4) is 0 Å². The molecule has 1 aliphatic rings. The molecule has 96 valence electrons. The zero-order valence-electron chi connectivity index (χ0n) is 10.7. The Balaban J connectivity index is 1.93. The lowest BCUT2D eigenvalue weighted by atomic mass is 10.4. The molecule has 2 aromatic heterocycles. The minimum atomic E-state index is 0.756. The van der Waals surface area contributed by atoms with Crippen LogP contribution >= 0.6 is 0 Å². The van der Waals surface area contributed by atoms with Crippen molar-refractivity contribution in [2.45, 2.75) is 0 Å². The molecule has 1 aliphatic heterocycles. The summed E-state index contributed by atoms with van der Waals surface area (Å²) in [5, 5.41) is 4.49. The minimum Gasteiger partial charge on any atom is -0.378 e. The first kappa shape index (κ1) is 11.3. The maximum atomic E-state index is 5.36. The average Bonchev–Trinajstić information content (AvgIpc) is 2.96. The fourth-order valence-electron chi connectivity index (χ4n) is 2.22. The van der Waals surface area contributed by atoms with Crippen molar-refractivity contribution in [2.75, 3.05) is 31.2 Å². The van der Waals surface area contributed by atoms with Gasteiger partial charge < -0.3 is 14.2 Å². The number of aromatic nitrogens is 4. The van der Waals surface area contributed by atoms with Gasteiger partial charge in [0, 0.05) is 33.4 Å². The summed E-state index contributed by atoms with van der Waals surface area (Å²) >= 11 is 0. The summed E-state index contributed by atoms with van der Waals surface area (Å²) in [6.07, 6.45) is 2.00. The highest BCUT2D eigenvalue weighted by Gasteiger charge is 2.18. The quantitative estimate of drug-likeness (QED) is 0.782. The summed E-state index contributed by atoms with van der Waals surface area (Å²) in [6, 6.07) is 4.03. The van der Waals surface area contributed by atoms with Crippen LogP contribution in [0.1, 0.15) is 0 Å². The Morgan fingerprint density at radius 2 is 2.00 bits per heavy atom. The molecule has 2 aromatic rings. The molecule has 0 amide bonds.